The molecule has 2 aliphatic heterocycles. The summed E-state index contributed by atoms with van der Waals surface area (Å²) in [6, 6.07) is 8.28. The van der Waals surface area contributed by atoms with Crippen LogP contribution in [0, 0.1) is 0 Å². The Hall–Kier alpha value is -3.56. The average Bonchev–Trinajstić information content (AvgIpc) is 2.88. The molecular weight excluding hydrogens is 420 g/mol. The quantitative estimate of drug-likeness (QED) is 0.549. The van der Waals surface area contributed by atoms with Crippen LogP contribution in [-0.2, 0) is 4.84 Å². The number of rotatable bonds is 5. The number of piperidine rings is 1. The van der Waals surface area contributed by atoms with E-state index in [-0.39, 0.29) is 6.03 Å². The summed E-state index contributed by atoms with van der Waals surface area (Å²) in [7, 11) is 3.30. The van der Waals surface area contributed by atoms with Crippen molar-refractivity contribution >= 4 is 35.3 Å². The molecule has 1 aromatic carbocycles. The van der Waals surface area contributed by atoms with Crippen molar-refractivity contribution in [2.24, 2.45) is 5.16 Å². The third-order valence-electron chi connectivity index (χ3n) is 6.28. The SMILES string of the molecule is CO/N=C/c1c(N)ncnc1N1CCN(C(=O)N(C)c2ccc(N3CCCCC3)cc2)CC1. The van der Waals surface area contributed by atoms with Gasteiger partial charge in [0.15, 0.2) is 0 Å². The molecular formula is C23H32N8O2. The van der Waals surface area contributed by atoms with Crippen molar-refractivity contribution in [2.45, 2.75) is 19.3 Å². The number of anilines is 4. The van der Waals surface area contributed by atoms with E-state index in [4.69, 9.17) is 10.6 Å². The van der Waals surface area contributed by atoms with Crippen LogP contribution in [0.1, 0.15) is 24.8 Å². The lowest BCUT2D eigenvalue weighted by Crippen LogP contribution is -2.52. The highest BCUT2D eigenvalue weighted by molar-refractivity contribution is 5.93. The van der Waals surface area contributed by atoms with Crippen LogP contribution in [-0.4, -0.2) is 80.5 Å². The van der Waals surface area contributed by atoms with E-state index in [9.17, 15) is 4.79 Å². The molecule has 2 amide bonds. The number of nitrogens with zero attached hydrogens (tertiary/aromatic N) is 7. The number of carbonyl (C=O) groups excluding carboxylic acids is 1. The summed E-state index contributed by atoms with van der Waals surface area (Å²) < 4.78 is 0. The van der Waals surface area contributed by atoms with Gasteiger partial charge in [-0.15, -0.1) is 0 Å². The van der Waals surface area contributed by atoms with Crippen LogP contribution in [0.3, 0.4) is 0 Å². The Bertz CT molecular complexity index is 967. The van der Waals surface area contributed by atoms with Crippen molar-refractivity contribution < 1.29 is 9.63 Å². The van der Waals surface area contributed by atoms with Gasteiger partial charge in [-0.1, -0.05) is 5.16 Å². The first kappa shape index (κ1) is 22.6. The van der Waals surface area contributed by atoms with E-state index in [0.717, 1.165) is 18.8 Å². The Morgan fingerprint density at radius 2 is 1.73 bits per heavy atom. The van der Waals surface area contributed by atoms with Crippen molar-refractivity contribution in [1.82, 2.24) is 14.9 Å². The molecule has 3 heterocycles. The molecule has 2 aliphatic rings. The standard InChI is InChI=1S/C23H32N8O2/c1-28(18-6-8-19(9-7-18)29-10-4-3-5-11-29)23(32)31-14-12-30(13-15-31)22-20(16-27-33-2)21(24)25-17-26-22/h6-9,16-17H,3-5,10-15H2,1-2H3,(H2,24,25,26)/b27-16+. The number of amides is 2. The average molecular weight is 453 g/mol. The van der Waals surface area contributed by atoms with Crippen LogP contribution < -0.4 is 20.4 Å². The normalized spacial score (nSPS) is 16.8. The van der Waals surface area contributed by atoms with Gasteiger partial charge in [0.05, 0.1) is 11.8 Å². The van der Waals surface area contributed by atoms with Gasteiger partial charge in [0.1, 0.15) is 25.1 Å². The first-order chi connectivity index (χ1) is 16.1. The third-order valence-corrected chi connectivity index (χ3v) is 6.28. The van der Waals surface area contributed by atoms with E-state index in [1.165, 1.54) is 44.6 Å². The summed E-state index contributed by atoms with van der Waals surface area (Å²) in [6.07, 6.45) is 6.76. The van der Waals surface area contributed by atoms with E-state index in [0.29, 0.717) is 43.4 Å². The monoisotopic (exact) mass is 452 g/mol. The lowest BCUT2D eigenvalue weighted by Gasteiger charge is -2.37. The smallest absolute Gasteiger partial charge is 0.324 e. The molecule has 2 N–H and O–H groups in total. The number of nitrogens with two attached hydrogens (primary N) is 1. The van der Waals surface area contributed by atoms with Crippen molar-refractivity contribution in [3.63, 3.8) is 0 Å². The Kier molecular flexibility index (Phi) is 7.11. The maximum absolute atomic E-state index is 13.1. The zero-order valence-electron chi connectivity index (χ0n) is 19.4. The highest BCUT2D eigenvalue weighted by atomic mass is 16.6. The number of carbonyl (C=O) groups is 1. The number of hydrogen-bond donors (Lipinski definition) is 1. The number of nitrogen functional groups attached to an aromatic ring is 1. The van der Waals surface area contributed by atoms with Crippen LogP contribution in [0.4, 0.5) is 27.8 Å². The summed E-state index contributed by atoms with van der Waals surface area (Å²) in [4.78, 5) is 34.4. The molecule has 1 aromatic heterocycles. The van der Waals surface area contributed by atoms with E-state index >= 15 is 0 Å². The second-order valence-corrected chi connectivity index (χ2v) is 8.29. The fourth-order valence-corrected chi connectivity index (χ4v) is 4.35. The molecule has 176 valence electrons. The molecule has 2 aromatic rings. The highest BCUT2D eigenvalue weighted by Crippen LogP contribution is 2.25. The van der Waals surface area contributed by atoms with Gasteiger partial charge in [-0.2, -0.15) is 0 Å². The van der Waals surface area contributed by atoms with Crippen LogP contribution in [0.15, 0.2) is 35.7 Å². The number of aromatic nitrogens is 2. The molecule has 10 nitrogen and oxygen atoms in total. The zero-order valence-corrected chi connectivity index (χ0v) is 19.4. The molecule has 10 heteroatoms. The van der Waals surface area contributed by atoms with Gasteiger partial charge in [-0.3, -0.25) is 4.90 Å². The van der Waals surface area contributed by atoms with E-state index in [2.05, 4.69) is 37.1 Å². The number of benzene rings is 1. The van der Waals surface area contributed by atoms with Gasteiger partial charge >= 0.3 is 6.03 Å². The van der Waals surface area contributed by atoms with Gasteiger partial charge in [-0.25, -0.2) is 14.8 Å². The van der Waals surface area contributed by atoms with Gasteiger partial charge in [-0.05, 0) is 43.5 Å². The van der Waals surface area contributed by atoms with E-state index < -0.39 is 0 Å². The summed E-state index contributed by atoms with van der Waals surface area (Å²) in [5.41, 5.74) is 8.74. The van der Waals surface area contributed by atoms with Crippen LogP contribution in [0.5, 0.6) is 0 Å². The lowest BCUT2D eigenvalue weighted by atomic mass is 10.1. The molecule has 0 spiro atoms. The van der Waals surface area contributed by atoms with E-state index in [1.807, 2.05) is 24.1 Å². The number of urea groups is 1. The second kappa shape index (κ2) is 10.4. The fraction of sp³-hybridized carbons (Fsp3) is 0.478. The second-order valence-electron chi connectivity index (χ2n) is 8.29. The third kappa shape index (κ3) is 5.10. The Morgan fingerprint density at radius 3 is 2.39 bits per heavy atom. The van der Waals surface area contributed by atoms with Gasteiger partial charge in [0, 0.05) is 57.7 Å². The predicted octanol–water partition coefficient (Wildman–Crippen LogP) is 2.41. The minimum absolute atomic E-state index is 0.0104. The maximum atomic E-state index is 13.1. The van der Waals surface area contributed by atoms with Crippen molar-refractivity contribution in [3.8, 4) is 0 Å². The Labute approximate surface area is 194 Å². The molecule has 2 fully saturated rings. The summed E-state index contributed by atoms with van der Waals surface area (Å²) in [5, 5.41) is 3.81. The van der Waals surface area contributed by atoms with Crippen LogP contribution >= 0.6 is 0 Å². The van der Waals surface area contributed by atoms with Gasteiger partial charge < -0.3 is 25.3 Å². The molecule has 4 rings (SSSR count). The Balaban J connectivity index is 1.37. The molecule has 0 aliphatic carbocycles. The van der Waals surface area contributed by atoms with Gasteiger partial charge in [0.2, 0.25) is 0 Å². The minimum Gasteiger partial charge on any atom is -0.399 e. The lowest BCUT2D eigenvalue weighted by molar-refractivity contribution is 0.202. The minimum atomic E-state index is -0.0104. The maximum Gasteiger partial charge on any atom is 0.324 e. The largest absolute Gasteiger partial charge is 0.399 e. The van der Waals surface area contributed by atoms with Gasteiger partial charge in [0.25, 0.3) is 0 Å². The van der Waals surface area contributed by atoms with Crippen molar-refractivity contribution in [1.29, 1.82) is 0 Å². The number of hydrogen-bond acceptors (Lipinski definition) is 8. The zero-order chi connectivity index (χ0) is 23.2. The first-order valence-corrected chi connectivity index (χ1v) is 11.4. The van der Waals surface area contributed by atoms with Crippen LogP contribution in [0.25, 0.3) is 0 Å². The molecule has 0 saturated carbocycles. The molecule has 0 radical (unpaired) electrons. The first-order valence-electron chi connectivity index (χ1n) is 11.4. The summed E-state index contributed by atoms with van der Waals surface area (Å²) in [6.45, 7) is 4.65. The predicted molar refractivity (Wildman–Crippen MR) is 131 cm³/mol. The number of oxime groups is 1. The molecule has 2 saturated heterocycles. The van der Waals surface area contributed by atoms with E-state index in [1.54, 1.807) is 4.90 Å². The highest BCUT2D eigenvalue weighted by Gasteiger charge is 2.26. The molecule has 0 atom stereocenters. The molecule has 0 unspecified atom stereocenters. The summed E-state index contributed by atoms with van der Waals surface area (Å²) in [5.74, 6) is 1.03. The Morgan fingerprint density at radius 1 is 1.03 bits per heavy atom. The summed E-state index contributed by atoms with van der Waals surface area (Å²) >= 11 is 0. The molecule has 33 heavy (non-hydrogen) atoms. The molecule has 0 bridgehead atoms. The van der Waals surface area contributed by atoms with Crippen molar-refractivity contribution in [2.75, 3.05) is 73.9 Å². The fourth-order valence-electron chi connectivity index (χ4n) is 4.35. The van der Waals surface area contributed by atoms with Crippen LogP contribution in [0.2, 0.25) is 0 Å². The topological polar surface area (TPSA) is 103 Å². The van der Waals surface area contributed by atoms with Crippen molar-refractivity contribution in [3.05, 3.63) is 36.2 Å². The number of piperazine rings is 1.